The number of rotatable bonds is 4. The van der Waals surface area contributed by atoms with Gasteiger partial charge >= 0.3 is 0 Å². The Morgan fingerprint density at radius 2 is 2.47 bits per heavy atom. The van der Waals surface area contributed by atoms with Crippen molar-refractivity contribution in [2.75, 3.05) is 0 Å². The highest BCUT2D eigenvalue weighted by Gasteiger charge is 2.21. The second kappa shape index (κ2) is 5.67. The topological polar surface area (TPSA) is 78.9 Å². The summed E-state index contributed by atoms with van der Waals surface area (Å²) in [4.78, 5) is 17.0. The minimum atomic E-state index is -0.783. The summed E-state index contributed by atoms with van der Waals surface area (Å²) in [5.74, 6) is 0.139. The lowest BCUT2D eigenvalue weighted by atomic mass is 10.2. The maximum Gasteiger partial charge on any atom is 0.264 e. The van der Waals surface area contributed by atoms with Crippen molar-refractivity contribution in [3.63, 3.8) is 0 Å². The van der Waals surface area contributed by atoms with Crippen LogP contribution in [0.3, 0.4) is 0 Å². The van der Waals surface area contributed by atoms with E-state index in [1.165, 1.54) is 17.6 Å². The van der Waals surface area contributed by atoms with E-state index in [1.54, 1.807) is 12.1 Å². The third-order valence-electron chi connectivity index (χ3n) is 2.58. The normalized spacial score (nSPS) is 11.8. The standard InChI is InChI=1S/C13H13N3O2S/c1-3-9-12(19-8(2)15-9)13(17)16-10(7-14)11-5-4-6-18-11/h4-6,10H,3H2,1-2H3,(H,16,17). The summed E-state index contributed by atoms with van der Waals surface area (Å²) in [6, 6.07) is 4.57. The van der Waals surface area contributed by atoms with Crippen molar-refractivity contribution in [1.82, 2.24) is 10.3 Å². The molecule has 0 aliphatic rings. The van der Waals surface area contributed by atoms with Gasteiger partial charge in [-0.15, -0.1) is 11.3 Å². The molecule has 2 rings (SSSR count). The molecule has 5 nitrogen and oxygen atoms in total. The van der Waals surface area contributed by atoms with Crippen LogP contribution in [0.5, 0.6) is 0 Å². The molecular weight excluding hydrogens is 262 g/mol. The zero-order valence-electron chi connectivity index (χ0n) is 10.6. The molecule has 98 valence electrons. The Morgan fingerprint density at radius 3 is 3.05 bits per heavy atom. The van der Waals surface area contributed by atoms with Gasteiger partial charge in [0.1, 0.15) is 10.6 Å². The van der Waals surface area contributed by atoms with E-state index in [9.17, 15) is 4.79 Å². The van der Waals surface area contributed by atoms with E-state index < -0.39 is 6.04 Å². The molecule has 1 unspecified atom stereocenters. The molecule has 0 spiro atoms. The van der Waals surface area contributed by atoms with Crippen LogP contribution in [0.15, 0.2) is 22.8 Å². The van der Waals surface area contributed by atoms with E-state index in [2.05, 4.69) is 10.3 Å². The van der Waals surface area contributed by atoms with Gasteiger partial charge in [0.05, 0.1) is 23.0 Å². The van der Waals surface area contributed by atoms with Gasteiger partial charge in [-0.25, -0.2) is 4.98 Å². The first kappa shape index (κ1) is 13.3. The third-order valence-corrected chi connectivity index (χ3v) is 3.59. The largest absolute Gasteiger partial charge is 0.466 e. The van der Waals surface area contributed by atoms with Crippen molar-refractivity contribution < 1.29 is 9.21 Å². The van der Waals surface area contributed by atoms with Crippen LogP contribution in [0, 0.1) is 18.3 Å². The summed E-state index contributed by atoms with van der Waals surface area (Å²) in [6.07, 6.45) is 2.16. The fourth-order valence-electron chi connectivity index (χ4n) is 1.71. The maximum atomic E-state index is 12.2. The van der Waals surface area contributed by atoms with Crippen LogP contribution in [-0.4, -0.2) is 10.9 Å². The van der Waals surface area contributed by atoms with Crippen molar-refractivity contribution in [3.8, 4) is 6.07 Å². The molecule has 0 bridgehead atoms. The molecule has 2 aromatic rings. The fourth-order valence-corrected chi connectivity index (χ4v) is 2.62. The number of aromatic nitrogens is 1. The molecule has 0 aliphatic heterocycles. The van der Waals surface area contributed by atoms with Crippen LogP contribution in [0.2, 0.25) is 0 Å². The first-order chi connectivity index (χ1) is 9.15. The number of carbonyl (C=O) groups is 1. The van der Waals surface area contributed by atoms with Crippen molar-refractivity contribution in [1.29, 1.82) is 5.26 Å². The van der Waals surface area contributed by atoms with E-state index in [1.807, 2.05) is 19.9 Å². The van der Waals surface area contributed by atoms with Gasteiger partial charge < -0.3 is 9.73 Å². The van der Waals surface area contributed by atoms with Crippen LogP contribution in [-0.2, 0) is 6.42 Å². The van der Waals surface area contributed by atoms with Gasteiger partial charge in [-0.3, -0.25) is 4.79 Å². The van der Waals surface area contributed by atoms with Gasteiger partial charge in [-0.1, -0.05) is 6.92 Å². The Balaban J connectivity index is 2.18. The Bertz CT molecular complexity index is 610. The molecule has 0 aliphatic carbocycles. The average Bonchev–Trinajstić information content (AvgIpc) is 3.04. The lowest BCUT2D eigenvalue weighted by molar-refractivity contribution is 0.0944. The predicted octanol–water partition coefficient (Wildman–Crippen LogP) is 2.60. The molecule has 0 saturated carbocycles. The first-order valence-corrected chi connectivity index (χ1v) is 6.67. The number of nitriles is 1. The van der Waals surface area contributed by atoms with Crippen molar-refractivity contribution >= 4 is 17.2 Å². The molecule has 1 N–H and O–H groups in total. The second-order valence-corrected chi connectivity index (χ2v) is 5.12. The fraction of sp³-hybridized carbons (Fsp3) is 0.308. The summed E-state index contributed by atoms with van der Waals surface area (Å²) in [5, 5.41) is 12.6. The zero-order chi connectivity index (χ0) is 13.8. The van der Waals surface area contributed by atoms with Gasteiger partial charge in [0, 0.05) is 0 Å². The SMILES string of the molecule is CCc1nc(C)sc1C(=O)NC(C#N)c1ccco1. The van der Waals surface area contributed by atoms with E-state index in [4.69, 9.17) is 9.68 Å². The smallest absolute Gasteiger partial charge is 0.264 e. The number of hydrogen-bond donors (Lipinski definition) is 1. The Kier molecular flexibility index (Phi) is 3.97. The Labute approximate surface area is 114 Å². The molecular formula is C13H13N3O2S. The zero-order valence-corrected chi connectivity index (χ0v) is 11.5. The van der Waals surface area contributed by atoms with E-state index in [0.717, 1.165) is 10.7 Å². The number of aryl methyl sites for hydroxylation is 2. The summed E-state index contributed by atoms with van der Waals surface area (Å²) in [6.45, 7) is 3.80. The number of thiazole rings is 1. The molecule has 1 atom stereocenters. The molecule has 1 amide bonds. The summed E-state index contributed by atoms with van der Waals surface area (Å²) >= 11 is 1.33. The Hall–Kier alpha value is -2.13. The van der Waals surface area contributed by atoms with Crippen molar-refractivity contribution in [2.24, 2.45) is 0 Å². The molecule has 6 heteroatoms. The van der Waals surface area contributed by atoms with Crippen LogP contribution < -0.4 is 5.32 Å². The molecule has 0 radical (unpaired) electrons. The Morgan fingerprint density at radius 1 is 1.68 bits per heavy atom. The van der Waals surface area contributed by atoms with Gasteiger partial charge in [0.15, 0.2) is 6.04 Å². The summed E-state index contributed by atoms with van der Waals surface area (Å²) in [5.41, 5.74) is 0.760. The maximum absolute atomic E-state index is 12.2. The number of hydrogen-bond acceptors (Lipinski definition) is 5. The molecule has 2 heterocycles. The summed E-state index contributed by atoms with van der Waals surface area (Å²) in [7, 11) is 0. The lowest BCUT2D eigenvalue weighted by Gasteiger charge is -2.08. The number of nitrogens with one attached hydrogen (secondary N) is 1. The number of nitrogens with zero attached hydrogens (tertiary/aromatic N) is 2. The first-order valence-electron chi connectivity index (χ1n) is 5.86. The van der Waals surface area contributed by atoms with Crippen LogP contribution in [0.4, 0.5) is 0 Å². The molecule has 2 aromatic heterocycles. The van der Waals surface area contributed by atoms with E-state index in [0.29, 0.717) is 17.1 Å². The monoisotopic (exact) mass is 275 g/mol. The second-order valence-electron chi connectivity index (χ2n) is 3.91. The predicted molar refractivity (Wildman–Crippen MR) is 70.8 cm³/mol. The lowest BCUT2D eigenvalue weighted by Crippen LogP contribution is -2.27. The summed E-state index contributed by atoms with van der Waals surface area (Å²) < 4.78 is 5.14. The van der Waals surface area contributed by atoms with Crippen LogP contribution in [0.25, 0.3) is 0 Å². The highest BCUT2D eigenvalue weighted by molar-refractivity contribution is 7.13. The minimum absolute atomic E-state index is 0.287. The van der Waals surface area contributed by atoms with Crippen molar-refractivity contribution in [2.45, 2.75) is 26.3 Å². The molecule has 19 heavy (non-hydrogen) atoms. The van der Waals surface area contributed by atoms with E-state index in [-0.39, 0.29) is 5.91 Å². The molecule has 0 saturated heterocycles. The van der Waals surface area contributed by atoms with Gasteiger partial charge in [0.25, 0.3) is 5.91 Å². The van der Waals surface area contributed by atoms with Crippen molar-refractivity contribution in [3.05, 3.63) is 39.7 Å². The number of amides is 1. The highest BCUT2D eigenvalue weighted by atomic mass is 32.1. The molecule has 0 fully saturated rings. The van der Waals surface area contributed by atoms with Crippen LogP contribution >= 0.6 is 11.3 Å². The van der Waals surface area contributed by atoms with Crippen LogP contribution in [0.1, 0.15) is 39.1 Å². The average molecular weight is 275 g/mol. The molecule has 0 aromatic carbocycles. The third kappa shape index (κ3) is 2.83. The van der Waals surface area contributed by atoms with Gasteiger partial charge in [-0.2, -0.15) is 5.26 Å². The number of carbonyl (C=O) groups excluding carboxylic acids is 1. The number of furan rings is 1. The highest BCUT2D eigenvalue weighted by Crippen LogP contribution is 2.20. The quantitative estimate of drug-likeness (QED) is 0.930. The van der Waals surface area contributed by atoms with Gasteiger partial charge in [0.2, 0.25) is 0 Å². The minimum Gasteiger partial charge on any atom is -0.466 e. The van der Waals surface area contributed by atoms with E-state index >= 15 is 0 Å². The van der Waals surface area contributed by atoms with Gasteiger partial charge in [-0.05, 0) is 25.5 Å².